The number of ether oxygens (including phenoxy) is 1. The van der Waals surface area contributed by atoms with Gasteiger partial charge in [-0.25, -0.2) is 4.98 Å². The summed E-state index contributed by atoms with van der Waals surface area (Å²) >= 11 is 6.07. The molecule has 0 unspecified atom stereocenters. The fraction of sp³-hybridized carbons (Fsp3) is 0.480. The molecule has 2 aromatic rings. The second-order valence-electron chi connectivity index (χ2n) is 8.88. The Morgan fingerprint density at radius 3 is 2.51 bits per heavy atom. The average Bonchev–Trinajstić information content (AvgIpc) is 2.84. The fourth-order valence-electron chi connectivity index (χ4n) is 4.22. The smallest absolute Gasteiger partial charge is 0.433 e. The number of anilines is 1. The first-order chi connectivity index (χ1) is 17.4. The van der Waals surface area contributed by atoms with Gasteiger partial charge in [0, 0.05) is 17.7 Å². The van der Waals surface area contributed by atoms with Crippen LogP contribution in [0.15, 0.2) is 30.5 Å². The largest absolute Gasteiger partial charge is 0.495 e. The van der Waals surface area contributed by atoms with Crippen LogP contribution in [-0.2, 0) is 11.0 Å². The van der Waals surface area contributed by atoms with Gasteiger partial charge in [0.05, 0.1) is 36.5 Å². The van der Waals surface area contributed by atoms with Gasteiger partial charge in [-0.1, -0.05) is 11.6 Å². The van der Waals surface area contributed by atoms with Crippen LogP contribution in [-0.4, -0.2) is 56.1 Å². The van der Waals surface area contributed by atoms with Crippen LogP contribution >= 0.6 is 11.6 Å². The number of aromatic nitrogens is 1. The SMILES string of the molecule is CNCC1(CC(=O)O)CCNCC1.COc1cnc(C(F)(F)F)cc1[C@H](C)Nc1ccc(C=O)cc1Cl. The number of aldehydes is 1. The number of benzene rings is 1. The summed E-state index contributed by atoms with van der Waals surface area (Å²) in [4.78, 5) is 24.8. The highest BCUT2D eigenvalue weighted by Gasteiger charge is 2.34. The van der Waals surface area contributed by atoms with Crippen LogP contribution in [0, 0.1) is 5.41 Å². The number of hydrogen-bond acceptors (Lipinski definition) is 7. The van der Waals surface area contributed by atoms with E-state index in [4.69, 9.17) is 21.4 Å². The number of methoxy groups -OCH3 is 1. The maximum atomic E-state index is 12.9. The van der Waals surface area contributed by atoms with Crippen molar-refractivity contribution in [3.05, 3.63) is 52.3 Å². The number of carboxylic acids is 1. The monoisotopic (exact) mass is 544 g/mol. The number of piperidine rings is 1. The van der Waals surface area contributed by atoms with E-state index < -0.39 is 23.9 Å². The molecule has 12 heteroatoms. The summed E-state index contributed by atoms with van der Waals surface area (Å²) in [5.74, 6) is -0.458. The predicted molar refractivity (Wildman–Crippen MR) is 135 cm³/mol. The highest BCUT2D eigenvalue weighted by Crippen LogP contribution is 2.35. The average molecular weight is 545 g/mol. The number of pyridine rings is 1. The molecule has 8 nitrogen and oxygen atoms in total. The van der Waals surface area contributed by atoms with Crippen molar-refractivity contribution in [2.24, 2.45) is 5.41 Å². The van der Waals surface area contributed by atoms with Gasteiger partial charge in [-0.05, 0) is 69.6 Å². The van der Waals surface area contributed by atoms with Crippen molar-refractivity contribution < 1.29 is 32.6 Å². The zero-order valence-corrected chi connectivity index (χ0v) is 21.7. The zero-order valence-electron chi connectivity index (χ0n) is 20.9. The summed E-state index contributed by atoms with van der Waals surface area (Å²) in [7, 11) is 3.23. The molecule has 1 aliphatic heterocycles. The Balaban J connectivity index is 0.000000312. The number of halogens is 4. The molecule has 1 atom stereocenters. The molecule has 4 N–H and O–H groups in total. The van der Waals surface area contributed by atoms with Gasteiger partial charge in [-0.2, -0.15) is 13.2 Å². The summed E-state index contributed by atoms with van der Waals surface area (Å²) in [6.07, 6.45) is -0.659. The Labute approximate surface area is 218 Å². The van der Waals surface area contributed by atoms with E-state index in [0.29, 0.717) is 17.5 Å². The normalized spacial score (nSPS) is 15.6. The summed E-state index contributed by atoms with van der Waals surface area (Å²) < 4.78 is 43.7. The molecule has 0 aliphatic carbocycles. The van der Waals surface area contributed by atoms with Crippen molar-refractivity contribution in [3.8, 4) is 5.75 Å². The standard InChI is InChI=1S/C16H14ClF3N2O2.C9H18N2O2/c1-9(22-13-4-3-10(8-23)5-12(13)17)11-6-15(16(18,19)20)21-7-14(11)24-2;1-10-7-9(6-8(12)13)2-4-11-5-3-9/h3-9,22H,1-2H3;10-11H,2-7H2,1H3,(H,12,13)/t9-;/m0./s1. The van der Waals surface area contributed by atoms with Gasteiger partial charge in [-0.3, -0.25) is 9.59 Å². The van der Waals surface area contributed by atoms with Gasteiger partial charge in [0.1, 0.15) is 17.7 Å². The molecule has 0 spiro atoms. The zero-order chi connectivity index (χ0) is 27.6. The highest BCUT2D eigenvalue weighted by molar-refractivity contribution is 6.33. The van der Waals surface area contributed by atoms with Crippen LogP contribution in [0.5, 0.6) is 5.75 Å². The molecule has 1 aromatic heterocycles. The molecule has 2 heterocycles. The number of carbonyl (C=O) groups excluding carboxylic acids is 1. The minimum absolute atomic E-state index is 0.0220. The first-order valence-electron chi connectivity index (χ1n) is 11.6. The Morgan fingerprint density at radius 1 is 1.32 bits per heavy atom. The number of hydrogen-bond donors (Lipinski definition) is 4. The quantitative estimate of drug-likeness (QED) is 0.333. The molecule has 1 aliphatic rings. The minimum atomic E-state index is -4.55. The lowest BCUT2D eigenvalue weighted by Crippen LogP contribution is -2.43. The molecule has 0 radical (unpaired) electrons. The van der Waals surface area contributed by atoms with Gasteiger partial charge in [0.25, 0.3) is 0 Å². The van der Waals surface area contributed by atoms with Crippen LogP contribution in [0.4, 0.5) is 18.9 Å². The molecule has 37 heavy (non-hydrogen) atoms. The second-order valence-corrected chi connectivity index (χ2v) is 9.29. The van der Waals surface area contributed by atoms with Gasteiger partial charge < -0.3 is 25.8 Å². The third kappa shape index (κ3) is 8.87. The molecule has 0 saturated carbocycles. The lowest BCUT2D eigenvalue weighted by molar-refractivity contribution is -0.141. The lowest BCUT2D eigenvalue weighted by atomic mass is 9.76. The molecule has 3 rings (SSSR count). The van der Waals surface area contributed by atoms with Crippen LogP contribution in [0.3, 0.4) is 0 Å². The van der Waals surface area contributed by atoms with Gasteiger partial charge >= 0.3 is 12.1 Å². The Morgan fingerprint density at radius 2 is 2.00 bits per heavy atom. The first-order valence-corrected chi connectivity index (χ1v) is 12.0. The Bertz CT molecular complexity index is 1060. The molecular weight excluding hydrogens is 513 g/mol. The number of rotatable bonds is 9. The molecule has 0 amide bonds. The van der Waals surface area contributed by atoms with E-state index in [0.717, 1.165) is 44.7 Å². The van der Waals surface area contributed by atoms with Crippen molar-refractivity contribution in [1.82, 2.24) is 15.6 Å². The molecular formula is C25H32ClF3N4O4. The molecule has 1 aromatic carbocycles. The first kappa shape index (κ1) is 30.3. The van der Waals surface area contributed by atoms with E-state index in [2.05, 4.69) is 20.9 Å². The molecule has 1 fully saturated rings. The van der Waals surface area contributed by atoms with E-state index >= 15 is 0 Å². The number of carboxylic acid groups (broad SMARTS) is 1. The van der Waals surface area contributed by atoms with E-state index in [1.54, 1.807) is 19.1 Å². The number of nitrogens with one attached hydrogen (secondary N) is 3. The van der Waals surface area contributed by atoms with Crippen molar-refractivity contribution in [2.45, 2.75) is 38.4 Å². The third-order valence-corrected chi connectivity index (χ3v) is 6.43. The highest BCUT2D eigenvalue weighted by atomic mass is 35.5. The molecule has 0 bridgehead atoms. The second kappa shape index (κ2) is 13.6. The summed E-state index contributed by atoms with van der Waals surface area (Å²) in [5.41, 5.74) is 0.150. The number of alkyl halides is 3. The Hall–Kier alpha value is -2.89. The maximum Gasteiger partial charge on any atom is 0.433 e. The van der Waals surface area contributed by atoms with Crippen molar-refractivity contribution >= 4 is 29.5 Å². The number of carbonyl (C=O) groups is 2. The minimum Gasteiger partial charge on any atom is -0.495 e. The van der Waals surface area contributed by atoms with E-state index in [1.807, 2.05) is 7.05 Å². The number of nitrogens with zero attached hydrogens (tertiary/aromatic N) is 1. The van der Waals surface area contributed by atoms with Gasteiger partial charge in [-0.15, -0.1) is 0 Å². The fourth-order valence-corrected chi connectivity index (χ4v) is 4.47. The van der Waals surface area contributed by atoms with Crippen molar-refractivity contribution in [3.63, 3.8) is 0 Å². The van der Waals surface area contributed by atoms with Crippen molar-refractivity contribution in [1.29, 1.82) is 0 Å². The van der Waals surface area contributed by atoms with Gasteiger partial charge in [0.2, 0.25) is 0 Å². The Kier molecular flexibility index (Phi) is 11.1. The molecule has 204 valence electrons. The third-order valence-electron chi connectivity index (χ3n) is 6.12. The van der Waals surface area contributed by atoms with Crippen LogP contribution < -0.4 is 20.7 Å². The van der Waals surface area contributed by atoms with E-state index in [-0.39, 0.29) is 28.2 Å². The van der Waals surface area contributed by atoms with Gasteiger partial charge in [0.15, 0.2) is 0 Å². The summed E-state index contributed by atoms with van der Waals surface area (Å²) in [6, 6.07) is 5.00. The topological polar surface area (TPSA) is 113 Å². The van der Waals surface area contributed by atoms with Crippen LogP contribution in [0.2, 0.25) is 5.02 Å². The number of aliphatic carboxylic acids is 1. The lowest BCUT2D eigenvalue weighted by Gasteiger charge is -2.36. The summed E-state index contributed by atoms with van der Waals surface area (Å²) in [5, 5.41) is 18.4. The van der Waals surface area contributed by atoms with Crippen molar-refractivity contribution in [2.75, 3.05) is 39.1 Å². The maximum absolute atomic E-state index is 12.9. The van der Waals surface area contributed by atoms with Crippen LogP contribution in [0.1, 0.15) is 53.8 Å². The van der Waals surface area contributed by atoms with E-state index in [1.165, 1.54) is 13.2 Å². The summed E-state index contributed by atoms with van der Waals surface area (Å²) in [6.45, 7) is 4.35. The predicted octanol–water partition coefficient (Wildman–Crippen LogP) is 4.80. The molecule has 1 saturated heterocycles. The van der Waals surface area contributed by atoms with E-state index in [9.17, 15) is 22.8 Å². The van der Waals surface area contributed by atoms with Crippen LogP contribution in [0.25, 0.3) is 0 Å².